The summed E-state index contributed by atoms with van der Waals surface area (Å²) in [5, 5.41) is 0. The third kappa shape index (κ3) is 4.17. The first-order chi connectivity index (χ1) is 11.3. The van der Waals surface area contributed by atoms with Crippen molar-refractivity contribution >= 4 is 5.97 Å². The molecule has 0 aromatic heterocycles. The molecular formula is C21H22O3. The van der Waals surface area contributed by atoms with Gasteiger partial charge in [-0.25, -0.2) is 4.79 Å². The average molecular weight is 322 g/mol. The summed E-state index contributed by atoms with van der Waals surface area (Å²) in [6.45, 7) is 6.49. The van der Waals surface area contributed by atoms with Gasteiger partial charge in [-0.05, 0) is 40.8 Å². The minimum atomic E-state index is -0.417. The van der Waals surface area contributed by atoms with E-state index in [2.05, 4.69) is 26.7 Å². The molecule has 0 radical (unpaired) electrons. The molecule has 0 unspecified atom stereocenters. The Morgan fingerprint density at radius 3 is 2.33 bits per heavy atom. The number of ether oxygens (including phenoxy) is 2. The van der Waals surface area contributed by atoms with Gasteiger partial charge < -0.3 is 9.47 Å². The number of carbonyl (C=O) groups excluding carboxylic acids is 1. The highest BCUT2D eigenvalue weighted by Gasteiger charge is 2.18. The Balaban J connectivity index is 2.13. The van der Waals surface area contributed by atoms with Crippen LogP contribution >= 0.6 is 0 Å². The second-order valence-corrected chi connectivity index (χ2v) is 6.58. The molecule has 0 amide bonds. The van der Waals surface area contributed by atoms with Crippen LogP contribution in [0.2, 0.25) is 0 Å². The van der Waals surface area contributed by atoms with E-state index in [-0.39, 0.29) is 12.0 Å². The summed E-state index contributed by atoms with van der Waals surface area (Å²) in [6, 6.07) is 12.9. The Morgan fingerprint density at radius 1 is 1.12 bits per heavy atom. The topological polar surface area (TPSA) is 35.5 Å². The molecule has 0 aliphatic rings. The summed E-state index contributed by atoms with van der Waals surface area (Å²) in [5.41, 5.74) is 2.91. The molecular weight excluding hydrogens is 300 g/mol. The second-order valence-electron chi connectivity index (χ2n) is 6.58. The van der Waals surface area contributed by atoms with Crippen molar-refractivity contribution in [1.82, 2.24) is 0 Å². The Labute approximate surface area is 143 Å². The molecule has 0 N–H and O–H groups in total. The fourth-order valence-corrected chi connectivity index (χ4v) is 2.26. The number of rotatable bonds is 4. The zero-order chi connectivity index (χ0) is 17.7. The van der Waals surface area contributed by atoms with Gasteiger partial charge in [-0.2, -0.15) is 0 Å². The van der Waals surface area contributed by atoms with E-state index in [0.29, 0.717) is 11.1 Å². The Kier molecular flexibility index (Phi) is 5.31. The van der Waals surface area contributed by atoms with Crippen LogP contribution in [0, 0.1) is 12.3 Å². The van der Waals surface area contributed by atoms with Crippen LogP contribution in [0.3, 0.4) is 0 Å². The molecule has 0 atom stereocenters. The molecule has 3 nitrogen and oxygen atoms in total. The Hall–Kier alpha value is -2.73. The summed E-state index contributed by atoms with van der Waals surface area (Å²) in [6.07, 6.45) is 5.57. The molecule has 0 spiro atoms. The summed E-state index contributed by atoms with van der Waals surface area (Å²) in [5.74, 6) is 2.93. The monoisotopic (exact) mass is 322 g/mol. The summed E-state index contributed by atoms with van der Waals surface area (Å²) in [7, 11) is 1.61. The van der Waals surface area contributed by atoms with Crippen LogP contribution in [0.4, 0.5) is 0 Å². The second kappa shape index (κ2) is 7.23. The molecule has 2 aromatic rings. The Bertz CT molecular complexity index is 759. The number of carbonyl (C=O) groups is 1. The van der Waals surface area contributed by atoms with E-state index in [1.807, 2.05) is 36.4 Å². The quantitative estimate of drug-likeness (QED) is 0.621. The van der Waals surface area contributed by atoms with Crippen LogP contribution in [-0.4, -0.2) is 13.1 Å². The Morgan fingerprint density at radius 2 is 1.79 bits per heavy atom. The average Bonchev–Trinajstić information content (AvgIpc) is 2.58. The largest absolute Gasteiger partial charge is 0.497 e. The first kappa shape index (κ1) is 17.6. The van der Waals surface area contributed by atoms with Crippen LogP contribution in [0.5, 0.6) is 5.75 Å². The van der Waals surface area contributed by atoms with Crippen LogP contribution in [0.15, 0.2) is 42.5 Å². The zero-order valence-corrected chi connectivity index (χ0v) is 14.6. The van der Waals surface area contributed by atoms with Gasteiger partial charge in [0.2, 0.25) is 0 Å². The minimum absolute atomic E-state index is 0.0306. The number of methoxy groups -OCH3 is 1. The highest BCUT2D eigenvalue weighted by molar-refractivity contribution is 5.92. The molecule has 0 heterocycles. The molecule has 3 heteroatoms. The predicted molar refractivity (Wildman–Crippen MR) is 95.2 cm³/mol. The zero-order valence-electron chi connectivity index (χ0n) is 14.6. The summed E-state index contributed by atoms with van der Waals surface area (Å²) < 4.78 is 10.5. The molecule has 0 saturated heterocycles. The van der Waals surface area contributed by atoms with Crippen LogP contribution in [-0.2, 0) is 16.8 Å². The maximum absolute atomic E-state index is 12.3. The lowest BCUT2D eigenvalue weighted by Crippen LogP contribution is -2.13. The van der Waals surface area contributed by atoms with Gasteiger partial charge in [0.15, 0.2) is 0 Å². The van der Waals surface area contributed by atoms with Crippen molar-refractivity contribution in [2.24, 2.45) is 0 Å². The lowest BCUT2D eigenvalue weighted by molar-refractivity contribution is 0.0472. The lowest BCUT2D eigenvalue weighted by Gasteiger charge is -2.20. The van der Waals surface area contributed by atoms with E-state index in [1.54, 1.807) is 13.2 Å². The van der Waals surface area contributed by atoms with Gasteiger partial charge >= 0.3 is 5.97 Å². The van der Waals surface area contributed by atoms with Gasteiger partial charge in [0.1, 0.15) is 12.4 Å². The van der Waals surface area contributed by atoms with Crippen LogP contribution < -0.4 is 4.74 Å². The number of terminal acetylenes is 1. The SMILES string of the molecule is C#Cc1cc(C(C)(C)C)ccc1C(=O)OCc1ccc(OC)cc1. The molecule has 0 fully saturated rings. The number of esters is 1. The predicted octanol–water partition coefficient (Wildman–Crippen LogP) is 4.33. The molecule has 0 bridgehead atoms. The first-order valence-corrected chi connectivity index (χ1v) is 7.76. The van der Waals surface area contributed by atoms with Crippen molar-refractivity contribution in [3.8, 4) is 18.1 Å². The van der Waals surface area contributed by atoms with E-state index in [1.165, 1.54) is 0 Å². The fraction of sp³-hybridized carbons (Fsp3) is 0.286. The maximum atomic E-state index is 12.3. The smallest absolute Gasteiger partial charge is 0.339 e. The van der Waals surface area contributed by atoms with Crippen molar-refractivity contribution in [1.29, 1.82) is 0 Å². The highest BCUT2D eigenvalue weighted by Crippen LogP contribution is 2.25. The fourth-order valence-electron chi connectivity index (χ4n) is 2.26. The van der Waals surface area contributed by atoms with Crippen molar-refractivity contribution in [3.63, 3.8) is 0 Å². The number of benzene rings is 2. The molecule has 24 heavy (non-hydrogen) atoms. The van der Waals surface area contributed by atoms with Crippen LogP contribution in [0.25, 0.3) is 0 Å². The highest BCUT2D eigenvalue weighted by atomic mass is 16.5. The molecule has 0 aliphatic carbocycles. The van der Waals surface area contributed by atoms with Gasteiger partial charge in [-0.1, -0.05) is 44.9 Å². The van der Waals surface area contributed by atoms with Gasteiger partial charge in [0.25, 0.3) is 0 Å². The molecule has 0 saturated carbocycles. The number of hydrogen-bond donors (Lipinski definition) is 0. The van der Waals surface area contributed by atoms with Gasteiger partial charge in [-0.15, -0.1) is 6.42 Å². The molecule has 2 rings (SSSR count). The molecule has 0 aliphatic heterocycles. The third-order valence-electron chi connectivity index (χ3n) is 3.79. The van der Waals surface area contributed by atoms with Gasteiger partial charge in [-0.3, -0.25) is 0 Å². The van der Waals surface area contributed by atoms with Crippen molar-refractivity contribution in [2.45, 2.75) is 32.8 Å². The van der Waals surface area contributed by atoms with Crippen molar-refractivity contribution in [3.05, 3.63) is 64.7 Å². The van der Waals surface area contributed by atoms with Crippen molar-refractivity contribution < 1.29 is 14.3 Å². The summed E-state index contributed by atoms with van der Waals surface area (Å²) in [4.78, 5) is 12.3. The summed E-state index contributed by atoms with van der Waals surface area (Å²) >= 11 is 0. The lowest BCUT2D eigenvalue weighted by atomic mass is 9.85. The molecule has 124 valence electrons. The minimum Gasteiger partial charge on any atom is -0.497 e. The third-order valence-corrected chi connectivity index (χ3v) is 3.79. The van der Waals surface area contributed by atoms with E-state index in [4.69, 9.17) is 15.9 Å². The van der Waals surface area contributed by atoms with E-state index in [0.717, 1.165) is 16.9 Å². The van der Waals surface area contributed by atoms with Crippen molar-refractivity contribution in [2.75, 3.05) is 7.11 Å². The molecule has 2 aromatic carbocycles. The maximum Gasteiger partial charge on any atom is 0.339 e. The van der Waals surface area contributed by atoms with Gasteiger partial charge in [0.05, 0.1) is 12.7 Å². The normalized spacial score (nSPS) is 10.8. The van der Waals surface area contributed by atoms with E-state index in [9.17, 15) is 4.79 Å². The standard InChI is InChI=1S/C21H22O3/c1-6-16-13-17(21(2,3)4)9-12-19(16)20(22)24-14-15-7-10-18(23-5)11-8-15/h1,7-13H,14H2,2-5H3. The number of hydrogen-bond acceptors (Lipinski definition) is 3. The first-order valence-electron chi connectivity index (χ1n) is 7.76. The van der Waals surface area contributed by atoms with Crippen LogP contribution in [0.1, 0.15) is 47.8 Å². The van der Waals surface area contributed by atoms with E-state index >= 15 is 0 Å². The van der Waals surface area contributed by atoms with Gasteiger partial charge in [0, 0.05) is 5.56 Å². The van der Waals surface area contributed by atoms with E-state index < -0.39 is 5.97 Å².